The number of fused-ring (bicyclic) bond motifs is 2. The van der Waals surface area contributed by atoms with Gasteiger partial charge in [0.15, 0.2) is 11.6 Å². The molecule has 1 aromatic heterocycles. The summed E-state index contributed by atoms with van der Waals surface area (Å²) in [5.74, 6) is -2.75. The molecule has 0 saturated heterocycles. The van der Waals surface area contributed by atoms with Crippen LogP contribution in [0.5, 0.6) is 5.75 Å². The zero-order valence-electron chi connectivity index (χ0n) is 18.5. The van der Waals surface area contributed by atoms with E-state index in [9.17, 15) is 18.0 Å². The molecular formula is C27H20F3N3O2. The molecule has 0 radical (unpaired) electrons. The van der Waals surface area contributed by atoms with Crippen molar-refractivity contribution in [1.29, 1.82) is 0 Å². The van der Waals surface area contributed by atoms with Crippen LogP contribution in [0.1, 0.15) is 34.7 Å². The summed E-state index contributed by atoms with van der Waals surface area (Å²) in [6.45, 7) is 0.916. The Bertz CT molecular complexity index is 1490. The number of hydrogen-bond donors (Lipinski definition) is 1. The van der Waals surface area contributed by atoms with E-state index < -0.39 is 17.5 Å². The number of aromatic nitrogens is 1. The fourth-order valence-electron chi connectivity index (χ4n) is 4.67. The number of carbonyl (C=O) groups excluding carboxylic acids is 1. The molecule has 8 heteroatoms. The van der Waals surface area contributed by atoms with Gasteiger partial charge >= 0.3 is 0 Å². The minimum absolute atomic E-state index is 0.155. The van der Waals surface area contributed by atoms with Crippen molar-refractivity contribution >= 4 is 22.5 Å². The molecule has 1 fully saturated rings. The van der Waals surface area contributed by atoms with E-state index in [0.717, 1.165) is 30.2 Å². The quantitative estimate of drug-likeness (QED) is 0.383. The molecule has 176 valence electrons. The minimum atomic E-state index is -1.26. The SMILES string of the molecule is O=C(NN1CCOc2ccccc21)c1cnc2c(-c3cc(F)cc(F)c3F)cccc2c1C1CC1. The first-order valence-electron chi connectivity index (χ1n) is 11.4. The summed E-state index contributed by atoms with van der Waals surface area (Å²) in [5.41, 5.74) is 5.43. The highest BCUT2D eigenvalue weighted by atomic mass is 19.2. The maximum Gasteiger partial charge on any atom is 0.271 e. The molecule has 35 heavy (non-hydrogen) atoms. The highest BCUT2D eigenvalue weighted by molar-refractivity contribution is 6.04. The van der Waals surface area contributed by atoms with Crippen molar-refractivity contribution < 1.29 is 22.7 Å². The molecule has 0 unspecified atom stereocenters. The maximum atomic E-state index is 14.6. The first-order valence-corrected chi connectivity index (χ1v) is 11.4. The molecule has 0 bridgehead atoms. The van der Waals surface area contributed by atoms with Crippen LogP contribution < -0.4 is 15.2 Å². The van der Waals surface area contributed by atoms with Crippen LogP contribution in [0.4, 0.5) is 18.9 Å². The lowest BCUT2D eigenvalue weighted by Gasteiger charge is -2.31. The summed E-state index contributed by atoms with van der Waals surface area (Å²) in [4.78, 5) is 17.9. The summed E-state index contributed by atoms with van der Waals surface area (Å²) in [5, 5.41) is 2.42. The third-order valence-electron chi connectivity index (χ3n) is 6.42. The second kappa shape index (κ2) is 8.30. The van der Waals surface area contributed by atoms with Gasteiger partial charge < -0.3 is 4.74 Å². The average Bonchev–Trinajstić information content (AvgIpc) is 3.70. The Kier molecular flexibility index (Phi) is 5.09. The summed E-state index contributed by atoms with van der Waals surface area (Å²) in [6.07, 6.45) is 3.29. The smallest absolute Gasteiger partial charge is 0.271 e. The minimum Gasteiger partial charge on any atom is -0.489 e. The van der Waals surface area contributed by atoms with Crippen molar-refractivity contribution in [2.75, 3.05) is 18.2 Å². The Morgan fingerprint density at radius 3 is 2.69 bits per heavy atom. The van der Waals surface area contributed by atoms with Crippen molar-refractivity contribution in [3.8, 4) is 16.9 Å². The van der Waals surface area contributed by atoms with E-state index in [0.29, 0.717) is 41.4 Å². The van der Waals surface area contributed by atoms with Crippen molar-refractivity contribution in [3.05, 3.63) is 89.4 Å². The van der Waals surface area contributed by atoms with E-state index in [2.05, 4.69) is 10.4 Å². The predicted molar refractivity (Wildman–Crippen MR) is 126 cm³/mol. The number of anilines is 1. The first-order chi connectivity index (χ1) is 17.0. The lowest BCUT2D eigenvalue weighted by Crippen LogP contribution is -2.46. The van der Waals surface area contributed by atoms with Crippen molar-refractivity contribution in [1.82, 2.24) is 10.4 Å². The number of hydrogen-bond acceptors (Lipinski definition) is 4. The summed E-state index contributed by atoms with van der Waals surface area (Å²) in [7, 11) is 0. The Balaban J connectivity index is 1.44. The van der Waals surface area contributed by atoms with Gasteiger partial charge in [0, 0.05) is 28.8 Å². The van der Waals surface area contributed by atoms with Crippen LogP contribution >= 0.6 is 0 Å². The average molecular weight is 475 g/mol. The predicted octanol–water partition coefficient (Wildman–Crippen LogP) is 5.74. The van der Waals surface area contributed by atoms with Crippen LogP contribution in [0, 0.1) is 17.5 Å². The molecule has 6 rings (SSSR count). The van der Waals surface area contributed by atoms with E-state index in [4.69, 9.17) is 4.74 Å². The number of pyridine rings is 1. The van der Waals surface area contributed by atoms with Crippen LogP contribution in [0.3, 0.4) is 0 Å². The van der Waals surface area contributed by atoms with Gasteiger partial charge in [0.2, 0.25) is 0 Å². The van der Waals surface area contributed by atoms with Gasteiger partial charge in [0.05, 0.1) is 23.3 Å². The molecule has 2 heterocycles. The second-order valence-electron chi connectivity index (χ2n) is 8.72. The molecule has 1 aliphatic heterocycles. The van der Waals surface area contributed by atoms with Gasteiger partial charge in [-0.05, 0) is 42.5 Å². The Morgan fingerprint density at radius 2 is 1.86 bits per heavy atom. The fourth-order valence-corrected chi connectivity index (χ4v) is 4.67. The highest BCUT2D eigenvalue weighted by Gasteiger charge is 2.32. The van der Waals surface area contributed by atoms with Crippen LogP contribution in [-0.4, -0.2) is 24.0 Å². The van der Waals surface area contributed by atoms with Crippen molar-refractivity contribution in [2.24, 2.45) is 0 Å². The third-order valence-corrected chi connectivity index (χ3v) is 6.42. The summed E-state index contributed by atoms with van der Waals surface area (Å²) in [6, 6.07) is 14.0. The standard InChI is InChI=1S/C27H20F3N3O2/c28-16-12-19(25(30)21(29)13-16)17-4-3-5-18-24(15-8-9-15)20(14-31-26(17)18)27(34)32-33-10-11-35-23-7-2-1-6-22(23)33/h1-7,12-15H,8-11H2,(H,32,34). The first kappa shape index (κ1) is 21.5. The van der Waals surface area contributed by atoms with Crippen LogP contribution in [-0.2, 0) is 0 Å². The summed E-state index contributed by atoms with van der Waals surface area (Å²) >= 11 is 0. The van der Waals surface area contributed by atoms with Gasteiger partial charge in [0.25, 0.3) is 5.91 Å². The number of carbonyl (C=O) groups is 1. The Labute approximate surface area is 199 Å². The van der Waals surface area contributed by atoms with E-state index in [1.807, 2.05) is 30.3 Å². The normalized spacial score (nSPS) is 15.0. The van der Waals surface area contributed by atoms with Gasteiger partial charge in [-0.3, -0.25) is 20.2 Å². The summed E-state index contributed by atoms with van der Waals surface area (Å²) < 4.78 is 48.1. The maximum absolute atomic E-state index is 14.6. The Morgan fingerprint density at radius 1 is 1.03 bits per heavy atom. The monoisotopic (exact) mass is 475 g/mol. The van der Waals surface area contributed by atoms with E-state index >= 15 is 0 Å². The van der Waals surface area contributed by atoms with Crippen molar-refractivity contribution in [3.63, 3.8) is 0 Å². The Hall–Kier alpha value is -4.07. The van der Waals surface area contributed by atoms with E-state index in [1.165, 1.54) is 6.20 Å². The molecule has 3 aromatic carbocycles. The molecular weight excluding hydrogens is 455 g/mol. The van der Waals surface area contributed by atoms with Gasteiger partial charge in [-0.15, -0.1) is 0 Å². The largest absolute Gasteiger partial charge is 0.489 e. The number of amides is 1. The molecule has 1 aliphatic carbocycles. The van der Waals surface area contributed by atoms with Gasteiger partial charge in [-0.1, -0.05) is 30.3 Å². The number of benzene rings is 3. The number of nitrogens with one attached hydrogen (secondary N) is 1. The lowest BCUT2D eigenvalue weighted by atomic mass is 9.94. The third kappa shape index (κ3) is 3.75. The lowest BCUT2D eigenvalue weighted by molar-refractivity contribution is 0.0944. The fraction of sp³-hybridized carbons (Fsp3) is 0.185. The zero-order chi connectivity index (χ0) is 24.1. The van der Waals surface area contributed by atoms with Crippen LogP contribution in [0.15, 0.2) is 60.8 Å². The number of ether oxygens (including phenoxy) is 1. The zero-order valence-corrected chi connectivity index (χ0v) is 18.5. The van der Waals surface area contributed by atoms with E-state index in [1.54, 1.807) is 17.1 Å². The van der Waals surface area contributed by atoms with Gasteiger partial charge in [0.1, 0.15) is 18.2 Å². The number of halogens is 3. The van der Waals surface area contributed by atoms with Crippen LogP contribution in [0.25, 0.3) is 22.0 Å². The number of para-hydroxylation sites is 3. The molecule has 2 aliphatic rings. The second-order valence-corrected chi connectivity index (χ2v) is 8.72. The van der Waals surface area contributed by atoms with Crippen LogP contribution in [0.2, 0.25) is 0 Å². The molecule has 0 spiro atoms. The van der Waals surface area contributed by atoms with Crippen molar-refractivity contribution in [2.45, 2.75) is 18.8 Å². The molecule has 5 nitrogen and oxygen atoms in total. The van der Waals surface area contributed by atoms with E-state index in [-0.39, 0.29) is 23.0 Å². The molecule has 4 aromatic rings. The molecule has 0 atom stereocenters. The highest BCUT2D eigenvalue weighted by Crippen LogP contribution is 2.46. The van der Waals surface area contributed by atoms with Gasteiger partial charge in [-0.25, -0.2) is 13.2 Å². The molecule has 1 N–H and O–H groups in total. The molecule has 1 saturated carbocycles. The number of hydrazine groups is 1. The number of nitrogens with zero attached hydrogens (tertiary/aromatic N) is 2. The topological polar surface area (TPSA) is 54.5 Å². The molecule has 1 amide bonds. The number of rotatable bonds is 4. The van der Waals surface area contributed by atoms with Gasteiger partial charge in [-0.2, -0.15) is 0 Å².